The number of hydrogen-bond donors (Lipinski definition) is 0. The summed E-state index contributed by atoms with van der Waals surface area (Å²) in [6, 6.07) is 0. The highest BCUT2D eigenvalue weighted by molar-refractivity contribution is 9.10. The molecule has 1 fully saturated rings. The molecule has 6 heteroatoms. The summed E-state index contributed by atoms with van der Waals surface area (Å²) in [6.45, 7) is 11.8. The molecule has 0 radical (unpaired) electrons. The van der Waals surface area contributed by atoms with Crippen LogP contribution in [0.3, 0.4) is 0 Å². The van der Waals surface area contributed by atoms with E-state index in [4.69, 9.17) is 4.74 Å². The normalized spacial score (nSPS) is 17.2. The van der Waals surface area contributed by atoms with E-state index >= 15 is 0 Å². The second kappa shape index (κ2) is 6.58. The van der Waals surface area contributed by atoms with Crippen LogP contribution in [0.4, 0.5) is 0 Å². The smallest absolute Gasteiger partial charge is 0.158 e. The van der Waals surface area contributed by atoms with Gasteiger partial charge in [0.05, 0.1) is 41.0 Å². The molecule has 1 saturated heterocycles. The number of carbonyl (C=O) groups is 1. The predicted molar refractivity (Wildman–Crippen MR) is 85.5 cm³/mol. The molecule has 2 rings (SSSR count). The highest BCUT2D eigenvalue weighted by atomic mass is 79.9. The summed E-state index contributed by atoms with van der Waals surface area (Å²) in [5, 5.41) is 4.46. The first kappa shape index (κ1) is 16.6. The van der Waals surface area contributed by atoms with E-state index in [2.05, 4.69) is 25.9 Å². The Labute approximate surface area is 134 Å². The molecule has 0 aromatic carbocycles. The lowest BCUT2D eigenvalue weighted by atomic mass is 9.92. The van der Waals surface area contributed by atoms with E-state index < -0.39 is 5.54 Å². The third-order valence-corrected chi connectivity index (χ3v) is 5.30. The number of ketones is 1. The third-order valence-electron chi connectivity index (χ3n) is 4.26. The van der Waals surface area contributed by atoms with Gasteiger partial charge >= 0.3 is 0 Å². The van der Waals surface area contributed by atoms with E-state index in [1.807, 2.05) is 32.4 Å². The molecular formula is C15H24BrN3O2. The van der Waals surface area contributed by atoms with E-state index in [-0.39, 0.29) is 5.78 Å². The van der Waals surface area contributed by atoms with Crippen molar-refractivity contribution >= 4 is 21.7 Å². The standard InChI is InChI=1S/C15H24BrN3O2/c1-5-19-12(14(16)11(2)17-19)10-13(20)15(3,4)18-6-8-21-9-7-18/h5-10H2,1-4H3. The molecule has 0 aliphatic carbocycles. The number of morpholine rings is 1. The van der Waals surface area contributed by atoms with E-state index in [0.29, 0.717) is 19.6 Å². The van der Waals surface area contributed by atoms with Crippen LogP contribution in [0.25, 0.3) is 0 Å². The van der Waals surface area contributed by atoms with E-state index in [1.165, 1.54) is 0 Å². The van der Waals surface area contributed by atoms with Crippen LogP contribution in [0.15, 0.2) is 4.47 Å². The second-order valence-electron chi connectivity index (χ2n) is 5.92. The summed E-state index contributed by atoms with van der Waals surface area (Å²) in [6.07, 6.45) is 0.402. The van der Waals surface area contributed by atoms with Crippen LogP contribution < -0.4 is 0 Å². The Bertz CT molecular complexity index is 519. The molecule has 0 amide bonds. The molecule has 2 heterocycles. The van der Waals surface area contributed by atoms with E-state index in [9.17, 15) is 4.79 Å². The van der Waals surface area contributed by atoms with Crippen LogP contribution in [0.5, 0.6) is 0 Å². The van der Waals surface area contributed by atoms with Crippen LogP contribution >= 0.6 is 15.9 Å². The summed E-state index contributed by atoms with van der Waals surface area (Å²) < 4.78 is 8.24. The number of hydrogen-bond acceptors (Lipinski definition) is 4. The molecule has 0 N–H and O–H groups in total. The first-order valence-corrected chi connectivity index (χ1v) is 8.25. The SMILES string of the molecule is CCn1nc(C)c(Br)c1CC(=O)C(C)(C)N1CCOCC1. The molecule has 118 valence electrons. The van der Waals surface area contributed by atoms with Crippen LogP contribution in [0.1, 0.15) is 32.2 Å². The highest BCUT2D eigenvalue weighted by Crippen LogP contribution is 2.25. The average Bonchev–Trinajstić information content (AvgIpc) is 2.75. The number of ether oxygens (including phenoxy) is 1. The van der Waals surface area contributed by atoms with Gasteiger partial charge in [-0.15, -0.1) is 0 Å². The van der Waals surface area contributed by atoms with Crippen molar-refractivity contribution in [1.29, 1.82) is 0 Å². The number of aryl methyl sites for hydroxylation is 2. The number of aromatic nitrogens is 2. The summed E-state index contributed by atoms with van der Waals surface area (Å²) in [5.41, 5.74) is 1.44. The van der Waals surface area contributed by atoms with Crippen molar-refractivity contribution in [2.24, 2.45) is 0 Å². The van der Waals surface area contributed by atoms with Crippen molar-refractivity contribution in [2.75, 3.05) is 26.3 Å². The molecule has 0 saturated carbocycles. The molecular weight excluding hydrogens is 334 g/mol. The van der Waals surface area contributed by atoms with Gasteiger partial charge < -0.3 is 4.74 Å². The van der Waals surface area contributed by atoms with Gasteiger partial charge in [0, 0.05) is 19.6 Å². The van der Waals surface area contributed by atoms with Crippen molar-refractivity contribution in [2.45, 2.75) is 46.2 Å². The monoisotopic (exact) mass is 357 g/mol. The van der Waals surface area contributed by atoms with Crippen LogP contribution in [-0.2, 0) is 22.5 Å². The second-order valence-corrected chi connectivity index (χ2v) is 6.71. The van der Waals surface area contributed by atoms with Crippen molar-refractivity contribution in [3.8, 4) is 0 Å². The zero-order valence-corrected chi connectivity index (χ0v) is 14.9. The summed E-state index contributed by atoms with van der Waals surface area (Å²) in [7, 11) is 0. The summed E-state index contributed by atoms with van der Waals surface area (Å²) in [4.78, 5) is 15.0. The number of Topliss-reactive ketones (excluding diaryl/α,β-unsaturated/α-hetero) is 1. The lowest BCUT2D eigenvalue weighted by Crippen LogP contribution is -2.55. The fraction of sp³-hybridized carbons (Fsp3) is 0.733. The zero-order valence-electron chi connectivity index (χ0n) is 13.3. The van der Waals surface area contributed by atoms with Gasteiger partial charge in [-0.3, -0.25) is 14.4 Å². The minimum atomic E-state index is -0.472. The molecule has 1 aliphatic rings. The molecule has 1 aromatic heterocycles. The quantitative estimate of drug-likeness (QED) is 0.810. The Morgan fingerprint density at radius 2 is 2.00 bits per heavy atom. The largest absolute Gasteiger partial charge is 0.379 e. The van der Waals surface area contributed by atoms with Gasteiger partial charge in [-0.05, 0) is 43.6 Å². The minimum Gasteiger partial charge on any atom is -0.379 e. The molecule has 0 atom stereocenters. The minimum absolute atomic E-state index is 0.222. The van der Waals surface area contributed by atoms with Gasteiger partial charge in [0.15, 0.2) is 5.78 Å². The lowest BCUT2D eigenvalue weighted by Gasteiger charge is -2.39. The van der Waals surface area contributed by atoms with E-state index in [0.717, 1.165) is 35.5 Å². The number of nitrogens with zero attached hydrogens (tertiary/aromatic N) is 3. The van der Waals surface area contributed by atoms with Crippen LogP contribution in [-0.4, -0.2) is 52.3 Å². The maximum absolute atomic E-state index is 12.8. The van der Waals surface area contributed by atoms with Crippen molar-refractivity contribution in [3.05, 3.63) is 15.9 Å². The first-order chi connectivity index (χ1) is 9.87. The fourth-order valence-electron chi connectivity index (χ4n) is 2.70. The van der Waals surface area contributed by atoms with Crippen LogP contribution in [0, 0.1) is 6.92 Å². The molecule has 21 heavy (non-hydrogen) atoms. The maximum Gasteiger partial charge on any atom is 0.158 e. The number of halogens is 1. The molecule has 1 aliphatic heterocycles. The topological polar surface area (TPSA) is 47.4 Å². The highest BCUT2D eigenvalue weighted by Gasteiger charge is 2.35. The van der Waals surface area contributed by atoms with Crippen molar-refractivity contribution in [3.63, 3.8) is 0 Å². The van der Waals surface area contributed by atoms with E-state index in [1.54, 1.807) is 0 Å². The third kappa shape index (κ3) is 3.38. The van der Waals surface area contributed by atoms with Crippen molar-refractivity contribution < 1.29 is 9.53 Å². The molecule has 0 bridgehead atoms. The summed E-state index contributed by atoms with van der Waals surface area (Å²) >= 11 is 3.56. The number of carbonyl (C=O) groups excluding carboxylic acids is 1. The molecule has 1 aromatic rings. The van der Waals surface area contributed by atoms with Gasteiger partial charge in [-0.2, -0.15) is 5.10 Å². The lowest BCUT2D eigenvalue weighted by molar-refractivity contribution is -0.131. The predicted octanol–water partition coefficient (Wildman–Crippen LogP) is 2.20. The Balaban J connectivity index is 2.17. The fourth-order valence-corrected chi connectivity index (χ4v) is 3.13. The Kier molecular flexibility index (Phi) is 5.22. The van der Waals surface area contributed by atoms with Crippen molar-refractivity contribution in [1.82, 2.24) is 14.7 Å². The van der Waals surface area contributed by atoms with Gasteiger partial charge in [0.2, 0.25) is 0 Å². The molecule has 0 unspecified atom stereocenters. The maximum atomic E-state index is 12.8. The van der Waals surface area contributed by atoms with Gasteiger partial charge in [-0.1, -0.05) is 0 Å². The van der Waals surface area contributed by atoms with Gasteiger partial charge in [0.1, 0.15) is 0 Å². The molecule has 5 nitrogen and oxygen atoms in total. The first-order valence-electron chi connectivity index (χ1n) is 7.45. The Morgan fingerprint density at radius 3 is 2.57 bits per heavy atom. The Morgan fingerprint density at radius 1 is 1.38 bits per heavy atom. The van der Waals surface area contributed by atoms with Gasteiger partial charge in [-0.25, -0.2) is 0 Å². The Hall–Kier alpha value is -0.720. The number of rotatable bonds is 5. The van der Waals surface area contributed by atoms with Gasteiger partial charge in [0.25, 0.3) is 0 Å². The average molecular weight is 358 g/mol. The molecule has 0 spiro atoms. The zero-order chi connectivity index (χ0) is 15.6. The van der Waals surface area contributed by atoms with Crippen LogP contribution in [0.2, 0.25) is 0 Å². The summed E-state index contributed by atoms with van der Waals surface area (Å²) in [5.74, 6) is 0.222.